The fourth-order valence-corrected chi connectivity index (χ4v) is 5.39. The number of carbonyl (C=O) groups is 1. The highest BCUT2D eigenvalue weighted by molar-refractivity contribution is 5.85. The van der Waals surface area contributed by atoms with E-state index in [9.17, 15) is 18.0 Å². The molecule has 1 heterocycles. The summed E-state index contributed by atoms with van der Waals surface area (Å²) in [5.41, 5.74) is 3.33. The molecule has 39 heavy (non-hydrogen) atoms. The molecular weight excluding hydrogens is 525 g/mol. The van der Waals surface area contributed by atoms with Crippen LogP contribution in [0.1, 0.15) is 48.8 Å². The average molecular weight is 561 g/mol. The third-order valence-electron chi connectivity index (χ3n) is 7.31. The first-order chi connectivity index (χ1) is 18.3. The number of rotatable bonds is 10. The molecule has 1 aliphatic heterocycles. The fourth-order valence-electron chi connectivity index (χ4n) is 5.39. The molecule has 0 aromatic heterocycles. The molecule has 3 aromatic rings. The molecule has 0 unspecified atom stereocenters. The second-order valence-electron chi connectivity index (χ2n) is 9.78. The molecule has 1 amide bonds. The van der Waals surface area contributed by atoms with E-state index in [1.807, 2.05) is 11.8 Å². The van der Waals surface area contributed by atoms with Crippen LogP contribution in [0.5, 0.6) is 5.75 Å². The van der Waals surface area contributed by atoms with Crippen molar-refractivity contribution in [1.29, 1.82) is 0 Å². The van der Waals surface area contributed by atoms with Gasteiger partial charge in [0.05, 0.1) is 6.42 Å². The van der Waals surface area contributed by atoms with Gasteiger partial charge in [-0.05, 0) is 61.6 Å². The summed E-state index contributed by atoms with van der Waals surface area (Å²) >= 11 is 0. The number of benzene rings is 3. The fraction of sp³-hybridized carbons (Fsp3) is 0.387. The summed E-state index contributed by atoms with van der Waals surface area (Å²) in [4.78, 5) is 17.5. The monoisotopic (exact) mass is 560 g/mol. The van der Waals surface area contributed by atoms with Gasteiger partial charge in [0.2, 0.25) is 5.91 Å². The number of amides is 1. The lowest BCUT2D eigenvalue weighted by Crippen LogP contribution is -2.48. The number of ether oxygens (including phenoxy) is 1. The van der Waals surface area contributed by atoms with E-state index < -0.39 is 6.36 Å². The van der Waals surface area contributed by atoms with Crippen LogP contribution >= 0.6 is 12.4 Å². The zero-order valence-corrected chi connectivity index (χ0v) is 23.0. The van der Waals surface area contributed by atoms with Crippen molar-refractivity contribution in [1.82, 2.24) is 9.80 Å². The van der Waals surface area contributed by atoms with E-state index in [0.29, 0.717) is 18.0 Å². The van der Waals surface area contributed by atoms with Crippen LogP contribution in [-0.4, -0.2) is 54.3 Å². The summed E-state index contributed by atoms with van der Waals surface area (Å²) in [7, 11) is 0. The maximum Gasteiger partial charge on any atom is 0.573 e. The molecular formula is C31H36ClF3N2O2. The third-order valence-corrected chi connectivity index (χ3v) is 7.31. The summed E-state index contributed by atoms with van der Waals surface area (Å²) in [6, 6.07) is 27.0. The predicted molar refractivity (Wildman–Crippen MR) is 150 cm³/mol. The average Bonchev–Trinajstić information content (AvgIpc) is 2.91. The Morgan fingerprint density at radius 3 is 1.95 bits per heavy atom. The van der Waals surface area contributed by atoms with Gasteiger partial charge in [0.1, 0.15) is 5.75 Å². The van der Waals surface area contributed by atoms with Gasteiger partial charge in [0.15, 0.2) is 0 Å². The number of carbonyl (C=O) groups excluding carboxylic acids is 1. The first-order valence-electron chi connectivity index (χ1n) is 13.3. The molecule has 1 saturated heterocycles. The van der Waals surface area contributed by atoms with Crippen molar-refractivity contribution in [3.05, 3.63) is 102 Å². The van der Waals surface area contributed by atoms with Crippen LogP contribution in [0.4, 0.5) is 13.2 Å². The van der Waals surface area contributed by atoms with Crippen molar-refractivity contribution in [3.8, 4) is 5.75 Å². The lowest BCUT2D eigenvalue weighted by molar-refractivity contribution is -0.274. The number of piperidine rings is 1. The molecule has 0 radical (unpaired) electrons. The third kappa shape index (κ3) is 9.01. The van der Waals surface area contributed by atoms with Crippen molar-refractivity contribution in [2.75, 3.05) is 26.2 Å². The molecule has 3 aromatic carbocycles. The molecule has 4 nitrogen and oxygen atoms in total. The summed E-state index contributed by atoms with van der Waals surface area (Å²) in [5, 5.41) is 0. The number of halogens is 4. The number of nitrogens with zero attached hydrogens (tertiary/aromatic N) is 2. The minimum atomic E-state index is -4.73. The molecule has 0 bridgehead atoms. The summed E-state index contributed by atoms with van der Waals surface area (Å²) in [6.07, 6.45) is -1.70. The van der Waals surface area contributed by atoms with Crippen molar-refractivity contribution in [2.45, 2.75) is 50.9 Å². The lowest BCUT2D eigenvalue weighted by atomic mass is 9.88. The van der Waals surface area contributed by atoms with Gasteiger partial charge in [0.25, 0.3) is 0 Å². The second-order valence-corrected chi connectivity index (χ2v) is 9.78. The zero-order valence-electron chi connectivity index (χ0n) is 22.1. The molecule has 0 N–H and O–H groups in total. The Morgan fingerprint density at radius 1 is 0.923 bits per heavy atom. The minimum absolute atomic E-state index is 0. The van der Waals surface area contributed by atoms with E-state index in [4.69, 9.17) is 0 Å². The molecule has 0 saturated carbocycles. The van der Waals surface area contributed by atoms with Gasteiger partial charge in [-0.15, -0.1) is 25.6 Å². The smallest absolute Gasteiger partial charge is 0.406 e. The van der Waals surface area contributed by atoms with E-state index in [2.05, 4.69) is 70.3 Å². The van der Waals surface area contributed by atoms with Gasteiger partial charge >= 0.3 is 6.36 Å². The summed E-state index contributed by atoms with van der Waals surface area (Å²) in [6.45, 7) is 5.47. The highest BCUT2D eigenvalue weighted by atomic mass is 35.5. The van der Waals surface area contributed by atoms with E-state index in [-0.39, 0.29) is 36.5 Å². The van der Waals surface area contributed by atoms with E-state index in [1.165, 1.54) is 35.4 Å². The van der Waals surface area contributed by atoms with E-state index in [0.717, 1.165) is 38.9 Å². The predicted octanol–water partition coefficient (Wildman–Crippen LogP) is 7.08. The highest BCUT2D eigenvalue weighted by Crippen LogP contribution is 2.29. The SMILES string of the molecule is CCN(C(=O)Cc1ccc(OC(F)(F)F)cc1)C1CCN(CCC(c2ccccc2)c2ccccc2)CC1.Cl. The van der Waals surface area contributed by atoms with Crippen LogP contribution in [0, 0.1) is 0 Å². The highest BCUT2D eigenvalue weighted by Gasteiger charge is 2.31. The number of hydrogen-bond acceptors (Lipinski definition) is 3. The van der Waals surface area contributed by atoms with Crippen molar-refractivity contribution in [3.63, 3.8) is 0 Å². The first-order valence-corrected chi connectivity index (χ1v) is 13.3. The molecule has 4 rings (SSSR count). The van der Waals surface area contributed by atoms with Crippen LogP contribution in [0.25, 0.3) is 0 Å². The molecule has 1 aliphatic rings. The maximum atomic E-state index is 13.1. The standard InChI is InChI=1S/C31H35F3N2O2.ClH/c1-2-36(30(37)23-24-13-15-28(16-14-24)38-31(32,33)34)27-17-20-35(21-18-27)22-19-29(25-9-5-3-6-10-25)26-11-7-4-8-12-26;/h3-16,27,29H,2,17-23H2,1H3;1H. The lowest BCUT2D eigenvalue weighted by Gasteiger charge is -2.38. The van der Waals surface area contributed by atoms with E-state index >= 15 is 0 Å². The number of likely N-dealkylation sites (tertiary alicyclic amines) is 1. The zero-order chi connectivity index (χ0) is 27.0. The Bertz CT molecular complexity index is 1100. The Morgan fingerprint density at radius 2 is 1.46 bits per heavy atom. The normalized spacial score (nSPS) is 14.6. The van der Waals surface area contributed by atoms with E-state index in [1.54, 1.807) is 0 Å². The quantitative estimate of drug-likeness (QED) is 0.265. The largest absolute Gasteiger partial charge is 0.573 e. The van der Waals surface area contributed by atoms with Crippen LogP contribution < -0.4 is 4.74 Å². The molecule has 0 aliphatic carbocycles. The molecule has 8 heteroatoms. The molecule has 210 valence electrons. The van der Waals surface area contributed by atoms with Gasteiger partial charge in [-0.25, -0.2) is 0 Å². The topological polar surface area (TPSA) is 32.8 Å². The second kappa shape index (κ2) is 14.4. The Kier molecular flexibility index (Phi) is 11.3. The molecule has 1 fully saturated rings. The van der Waals surface area contributed by atoms with Crippen molar-refractivity contribution in [2.24, 2.45) is 0 Å². The number of alkyl halides is 3. The van der Waals surface area contributed by atoms with Crippen molar-refractivity contribution >= 4 is 18.3 Å². The van der Waals surface area contributed by atoms with Crippen LogP contribution in [0.15, 0.2) is 84.9 Å². The number of likely N-dealkylation sites (N-methyl/N-ethyl adjacent to an activating group) is 1. The van der Waals surface area contributed by atoms with Gasteiger partial charge in [-0.2, -0.15) is 0 Å². The Balaban J connectivity index is 0.00000420. The Labute approximate surface area is 235 Å². The molecule has 0 atom stereocenters. The van der Waals surface area contributed by atoms with Gasteiger partial charge in [-0.1, -0.05) is 72.8 Å². The minimum Gasteiger partial charge on any atom is -0.406 e. The van der Waals surface area contributed by atoms with Crippen LogP contribution in [0.2, 0.25) is 0 Å². The van der Waals surface area contributed by atoms with Crippen LogP contribution in [-0.2, 0) is 11.2 Å². The summed E-state index contributed by atoms with van der Waals surface area (Å²) in [5.74, 6) is 0.0654. The Hall–Kier alpha value is -3.03. The van der Waals surface area contributed by atoms with Gasteiger partial charge < -0.3 is 14.5 Å². The maximum absolute atomic E-state index is 13.1. The number of hydrogen-bond donors (Lipinski definition) is 0. The van der Waals surface area contributed by atoms with Crippen LogP contribution in [0.3, 0.4) is 0 Å². The van der Waals surface area contributed by atoms with Gasteiger partial charge in [0, 0.05) is 31.6 Å². The molecule has 0 spiro atoms. The first kappa shape index (κ1) is 30.5. The van der Waals surface area contributed by atoms with Gasteiger partial charge in [-0.3, -0.25) is 4.79 Å². The van der Waals surface area contributed by atoms with Crippen molar-refractivity contribution < 1.29 is 22.7 Å². The summed E-state index contributed by atoms with van der Waals surface area (Å²) < 4.78 is 41.1.